The van der Waals surface area contributed by atoms with E-state index >= 15 is 0 Å². The average Bonchev–Trinajstić information content (AvgIpc) is 2.78. The van der Waals surface area contributed by atoms with E-state index in [1.807, 2.05) is 30.3 Å². The number of nitrogens with one attached hydrogen (secondary N) is 1. The van der Waals surface area contributed by atoms with Crippen LogP contribution in [0.5, 0.6) is 0 Å². The lowest BCUT2D eigenvalue weighted by molar-refractivity contribution is 0.605. The first-order valence-corrected chi connectivity index (χ1v) is 7.90. The third kappa shape index (κ3) is 2.26. The smallest absolute Gasteiger partial charge is 0.173 e. The van der Waals surface area contributed by atoms with E-state index < -0.39 is 9.84 Å². The van der Waals surface area contributed by atoms with E-state index in [1.54, 1.807) is 12.1 Å². The van der Waals surface area contributed by atoms with Crippen LogP contribution in [0.3, 0.4) is 0 Å². The third-order valence-electron chi connectivity index (χ3n) is 3.32. The second-order valence-corrected chi connectivity index (χ2v) is 6.66. The van der Waals surface area contributed by atoms with Crippen molar-refractivity contribution in [1.82, 2.24) is 0 Å². The summed E-state index contributed by atoms with van der Waals surface area (Å²) in [5.41, 5.74) is 1.45. The highest BCUT2D eigenvalue weighted by Crippen LogP contribution is 2.27. The van der Waals surface area contributed by atoms with Crippen LogP contribution in [0.25, 0.3) is 10.8 Å². The number of fused-ring (bicyclic) bond motifs is 1. The molecule has 100 valence electrons. The molecular weight excluding hydrogens is 272 g/mol. The molecule has 0 aromatic heterocycles. The fourth-order valence-electron chi connectivity index (χ4n) is 2.39. The number of nitrogens with zero attached hydrogens (tertiary/aromatic N) is 1. The number of anilines is 1. The number of rotatable bonds is 2. The maximum Gasteiger partial charge on any atom is 0.173 e. The van der Waals surface area contributed by atoms with Crippen molar-refractivity contribution < 1.29 is 8.42 Å². The third-order valence-corrected chi connectivity index (χ3v) is 4.71. The molecule has 1 aliphatic rings. The van der Waals surface area contributed by atoms with E-state index in [-0.39, 0.29) is 11.8 Å². The van der Waals surface area contributed by atoms with E-state index in [9.17, 15) is 8.42 Å². The summed E-state index contributed by atoms with van der Waals surface area (Å²) in [6.45, 7) is 0. The van der Waals surface area contributed by atoms with Crippen molar-refractivity contribution in [3.63, 3.8) is 0 Å². The highest BCUT2D eigenvalue weighted by molar-refractivity contribution is 7.94. The van der Waals surface area contributed by atoms with Crippen molar-refractivity contribution in [2.24, 2.45) is 0 Å². The quantitative estimate of drug-likeness (QED) is 0.919. The van der Waals surface area contributed by atoms with Crippen LogP contribution in [0.1, 0.15) is 5.56 Å². The fourth-order valence-corrected chi connectivity index (χ4v) is 3.62. The van der Waals surface area contributed by atoms with E-state index in [1.165, 1.54) is 5.41 Å². The molecule has 0 saturated carbocycles. The second kappa shape index (κ2) is 4.66. The van der Waals surface area contributed by atoms with Crippen molar-refractivity contribution >= 4 is 26.3 Å². The number of sulfone groups is 1. The van der Waals surface area contributed by atoms with Crippen LogP contribution in [-0.2, 0) is 9.84 Å². The molecule has 0 amide bonds. The lowest BCUT2D eigenvalue weighted by Crippen LogP contribution is -2.21. The van der Waals surface area contributed by atoms with Gasteiger partial charge in [0.2, 0.25) is 0 Å². The van der Waals surface area contributed by atoms with Gasteiger partial charge in [-0.15, -0.1) is 0 Å². The van der Waals surface area contributed by atoms with Crippen molar-refractivity contribution in [3.8, 4) is 6.07 Å². The largest absolute Gasteiger partial charge is 0.377 e. The Morgan fingerprint density at radius 2 is 1.90 bits per heavy atom. The lowest BCUT2D eigenvalue weighted by Gasteiger charge is -2.14. The molecule has 4 nitrogen and oxygen atoms in total. The standard InChI is InChI=1S/C15H12N2O2S/c16-9-11-5-6-15(14-4-2-1-3-13(11)14)17-12-7-8-20(18,19)10-12/h1-8,12,17H,10H2. The van der Waals surface area contributed by atoms with Gasteiger partial charge in [-0.1, -0.05) is 30.3 Å². The molecule has 1 atom stereocenters. The first-order valence-electron chi connectivity index (χ1n) is 6.18. The van der Waals surface area contributed by atoms with E-state index in [0.29, 0.717) is 5.56 Å². The van der Waals surface area contributed by atoms with Crippen LogP contribution in [0.2, 0.25) is 0 Å². The Balaban J connectivity index is 2.02. The highest BCUT2D eigenvalue weighted by Gasteiger charge is 2.21. The molecule has 0 radical (unpaired) electrons. The molecule has 1 heterocycles. The molecule has 3 rings (SSSR count). The van der Waals surface area contributed by atoms with Crippen LogP contribution in [0.4, 0.5) is 5.69 Å². The van der Waals surface area contributed by atoms with E-state index in [0.717, 1.165) is 16.5 Å². The monoisotopic (exact) mass is 284 g/mol. The Morgan fingerprint density at radius 1 is 1.15 bits per heavy atom. The SMILES string of the molecule is N#Cc1ccc(NC2C=CS(=O)(=O)C2)c2ccccc12. The summed E-state index contributed by atoms with van der Waals surface area (Å²) in [4.78, 5) is 0. The van der Waals surface area contributed by atoms with Gasteiger partial charge in [0.05, 0.1) is 23.4 Å². The fraction of sp³-hybridized carbons (Fsp3) is 0.133. The van der Waals surface area contributed by atoms with Crippen LogP contribution < -0.4 is 5.32 Å². The zero-order valence-electron chi connectivity index (χ0n) is 10.6. The van der Waals surface area contributed by atoms with E-state index in [2.05, 4.69) is 11.4 Å². The van der Waals surface area contributed by atoms with Crippen molar-refractivity contribution in [1.29, 1.82) is 5.26 Å². The molecule has 0 aliphatic carbocycles. The number of nitriles is 1. The molecule has 0 spiro atoms. The minimum Gasteiger partial charge on any atom is -0.377 e. The second-order valence-electron chi connectivity index (χ2n) is 4.73. The summed E-state index contributed by atoms with van der Waals surface area (Å²) in [7, 11) is -3.08. The highest BCUT2D eigenvalue weighted by atomic mass is 32.2. The predicted molar refractivity (Wildman–Crippen MR) is 79.0 cm³/mol. The molecule has 1 aliphatic heterocycles. The zero-order valence-corrected chi connectivity index (χ0v) is 11.4. The summed E-state index contributed by atoms with van der Waals surface area (Å²) in [6, 6.07) is 13.1. The van der Waals surface area contributed by atoms with Crippen LogP contribution in [0, 0.1) is 11.3 Å². The molecule has 2 aromatic carbocycles. The molecule has 1 N–H and O–H groups in total. The molecule has 0 fully saturated rings. The number of hydrogen-bond donors (Lipinski definition) is 1. The van der Waals surface area contributed by atoms with Gasteiger partial charge in [-0.3, -0.25) is 0 Å². The molecular formula is C15H12N2O2S. The summed E-state index contributed by atoms with van der Waals surface area (Å²) in [5.74, 6) is 0.0708. The Kier molecular flexibility index (Phi) is 2.96. The Hall–Kier alpha value is -2.32. The zero-order chi connectivity index (χ0) is 14.2. The summed E-state index contributed by atoms with van der Waals surface area (Å²) < 4.78 is 22.9. The minimum absolute atomic E-state index is 0.0708. The topological polar surface area (TPSA) is 70.0 Å². The molecule has 2 aromatic rings. The predicted octanol–water partition coefficient (Wildman–Crippen LogP) is 2.43. The first kappa shape index (κ1) is 12.7. The Labute approximate surface area is 117 Å². The van der Waals surface area contributed by atoms with E-state index in [4.69, 9.17) is 5.26 Å². The van der Waals surface area contributed by atoms with Crippen molar-refractivity contribution in [2.45, 2.75) is 6.04 Å². The minimum atomic E-state index is -3.08. The van der Waals surface area contributed by atoms with Gasteiger partial charge < -0.3 is 5.32 Å². The Morgan fingerprint density at radius 3 is 2.55 bits per heavy atom. The van der Waals surface area contributed by atoms with Gasteiger partial charge in [0.15, 0.2) is 9.84 Å². The van der Waals surface area contributed by atoms with Crippen LogP contribution in [0.15, 0.2) is 47.9 Å². The first-order chi connectivity index (χ1) is 9.59. The molecule has 5 heteroatoms. The Bertz CT molecular complexity index is 848. The molecule has 0 bridgehead atoms. The van der Waals surface area contributed by atoms with Crippen molar-refractivity contribution in [2.75, 3.05) is 11.1 Å². The maximum absolute atomic E-state index is 11.4. The van der Waals surface area contributed by atoms with Crippen LogP contribution >= 0.6 is 0 Å². The maximum atomic E-state index is 11.4. The number of benzene rings is 2. The van der Waals surface area contributed by atoms with Gasteiger partial charge in [0, 0.05) is 21.9 Å². The van der Waals surface area contributed by atoms with Gasteiger partial charge in [-0.25, -0.2) is 8.42 Å². The lowest BCUT2D eigenvalue weighted by atomic mass is 10.0. The van der Waals surface area contributed by atoms with Gasteiger partial charge in [-0.05, 0) is 12.1 Å². The normalized spacial score (nSPS) is 19.9. The van der Waals surface area contributed by atoms with Gasteiger partial charge in [0.1, 0.15) is 0 Å². The van der Waals surface area contributed by atoms with Gasteiger partial charge in [-0.2, -0.15) is 5.26 Å². The average molecular weight is 284 g/mol. The van der Waals surface area contributed by atoms with Crippen LogP contribution in [-0.4, -0.2) is 20.2 Å². The van der Waals surface area contributed by atoms with Gasteiger partial charge in [0.25, 0.3) is 0 Å². The molecule has 0 saturated heterocycles. The summed E-state index contributed by atoms with van der Waals surface area (Å²) >= 11 is 0. The van der Waals surface area contributed by atoms with Gasteiger partial charge >= 0.3 is 0 Å². The summed E-state index contributed by atoms with van der Waals surface area (Å²) in [6.07, 6.45) is 1.66. The summed E-state index contributed by atoms with van der Waals surface area (Å²) in [5, 5.41) is 15.4. The van der Waals surface area contributed by atoms with Crippen molar-refractivity contribution in [3.05, 3.63) is 53.4 Å². The number of hydrogen-bond acceptors (Lipinski definition) is 4. The molecule has 20 heavy (non-hydrogen) atoms. The molecule has 1 unspecified atom stereocenters.